The summed E-state index contributed by atoms with van der Waals surface area (Å²) in [4.78, 5) is 25.7. The molecular weight excluding hydrogens is 320 g/mol. The van der Waals surface area contributed by atoms with E-state index in [1.807, 2.05) is 13.8 Å². The first-order valence-corrected chi connectivity index (χ1v) is 8.48. The first-order valence-electron chi connectivity index (χ1n) is 8.48. The van der Waals surface area contributed by atoms with E-state index >= 15 is 0 Å². The fraction of sp³-hybridized carbons (Fsp3) is 0.500. The van der Waals surface area contributed by atoms with Crippen molar-refractivity contribution in [2.75, 3.05) is 31.5 Å². The fourth-order valence-electron chi connectivity index (χ4n) is 2.58. The van der Waals surface area contributed by atoms with Crippen LogP contribution in [0.15, 0.2) is 18.2 Å². The fourth-order valence-corrected chi connectivity index (χ4v) is 2.58. The van der Waals surface area contributed by atoms with Crippen LogP contribution >= 0.6 is 0 Å². The Labute approximate surface area is 147 Å². The zero-order chi connectivity index (χ0) is 18.2. The van der Waals surface area contributed by atoms with Crippen LogP contribution in [0.4, 0.5) is 5.69 Å². The third-order valence-corrected chi connectivity index (χ3v) is 3.81. The smallest absolute Gasteiger partial charge is 0.241 e. The molecule has 2 amide bonds. The van der Waals surface area contributed by atoms with E-state index in [1.54, 1.807) is 23.1 Å². The van der Waals surface area contributed by atoms with Gasteiger partial charge in [-0.1, -0.05) is 0 Å². The lowest BCUT2D eigenvalue weighted by Gasteiger charge is -2.17. The van der Waals surface area contributed by atoms with Gasteiger partial charge in [0.15, 0.2) is 0 Å². The number of likely N-dealkylation sites (tertiary alicyclic amines) is 1. The summed E-state index contributed by atoms with van der Waals surface area (Å²) in [6, 6.07) is 7.07. The van der Waals surface area contributed by atoms with E-state index in [0.29, 0.717) is 17.0 Å². The molecule has 1 saturated heterocycles. The van der Waals surface area contributed by atoms with Crippen molar-refractivity contribution in [2.45, 2.75) is 32.8 Å². The molecule has 0 spiro atoms. The highest BCUT2D eigenvalue weighted by Gasteiger charge is 2.18. The number of nitrogens with zero attached hydrogens (tertiary/aromatic N) is 2. The monoisotopic (exact) mass is 344 g/mol. The molecule has 0 aromatic heterocycles. The Morgan fingerprint density at radius 2 is 2.00 bits per heavy atom. The zero-order valence-corrected chi connectivity index (χ0v) is 14.7. The maximum absolute atomic E-state index is 12.0. The SMILES string of the molecule is CC(C)Oc1ccc(C#N)cc1NCC(=O)NCC(=O)N1CCCC1. The molecular formula is C18H24N4O3. The van der Waals surface area contributed by atoms with Crippen LogP contribution in [0.3, 0.4) is 0 Å². The van der Waals surface area contributed by atoms with E-state index in [2.05, 4.69) is 16.7 Å². The van der Waals surface area contributed by atoms with Gasteiger partial charge >= 0.3 is 0 Å². The largest absolute Gasteiger partial charge is 0.489 e. The van der Waals surface area contributed by atoms with Gasteiger partial charge in [0.2, 0.25) is 11.8 Å². The third kappa shape index (κ3) is 5.68. The summed E-state index contributed by atoms with van der Waals surface area (Å²) in [5.74, 6) is 0.238. The van der Waals surface area contributed by atoms with E-state index in [4.69, 9.17) is 10.00 Å². The van der Waals surface area contributed by atoms with Gasteiger partial charge in [0.25, 0.3) is 0 Å². The lowest BCUT2D eigenvalue weighted by Crippen LogP contribution is -2.40. The normalized spacial score (nSPS) is 13.4. The molecule has 1 aliphatic heterocycles. The number of hydrogen-bond acceptors (Lipinski definition) is 5. The van der Waals surface area contributed by atoms with Gasteiger partial charge < -0.3 is 20.3 Å². The third-order valence-electron chi connectivity index (χ3n) is 3.81. The molecule has 7 nitrogen and oxygen atoms in total. The topological polar surface area (TPSA) is 94.5 Å². The molecule has 0 unspecified atom stereocenters. The first-order chi connectivity index (χ1) is 12.0. The van der Waals surface area contributed by atoms with Crippen molar-refractivity contribution in [3.63, 3.8) is 0 Å². The van der Waals surface area contributed by atoms with Gasteiger partial charge in [-0.05, 0) is 44.9 Å². The van der Waals surface area contributed by atoms with E-state index in [9.17, 15) is 9.59 Å². The Morgan fingerprint density at radius 3 is 2.64 bits per heavy atom. The molecule has 0 aliphatic carbocycles. The Bertz CT molecular complexity index is 661. The molecule has 1 aromatic rings. The highest BCUT2D eigenvalue weighted by molar-refractivity contribution is 5.87. The van der Waals surface area contributed by atoms with Crippen LogP contribution in [-0.2, 0) is 9.59 Å². The molecule has 1 fully saturated rings. The number of carbonyl (C=O) groups is 2. The van der Waals surface area contributed by atoms with Gasteiger partial charge in [-0.3, -0.25) is 9.59 Å². The molecule has 134 valence electrons. The van der Waals surface area contributed by atoms with Crippen molar-refractivity contribution in [1.29, 1.82) is 5.26 Å². The summed E-state index contributed by atoms with van der Waals surface area (Å²) in [5.41, 5.74) is 1.05. The number of amides is 2. The van der Waals surface area contributed by atoms with Crippen molar-refractivity contribution in [1.82, 2.24) is 10.2 Å². The van der Waals surface area contributed by atoms with Gasteiger partial charge in [0.1, 0.15) is 5.75 Å². The molecule has 25 heavy (non-hydrogen) atoms. The first kappa shape index (κ1) is 18.6. The molecule has 0 radical (unpaired) electrons. The second-order valence-electron chi connectivity index (χ2n) is 6.21. The lowest BCUT2D eigenvalue weighted by molar-refractivity contribution is -0.131. The van der Waals surface area contributed by atoms with Crippen LogP contribution in [-0.4, -0.2) is 49.0 Å². The van der Waals surface area contributed by atoms with Crippen LogP contribution in [0.25, 0.3) is 0 Å². The van der Waals surface area contributed by atoms with E-state index in [-0.39, 0.29) is 31.0 Å². The second kappa shape index (κ2) is 8.92. The number of rotatable bonds is 7. The van der Waals surface area contributed by atoms with Gasteiger partial charge in [-0.25, -0.2) is 0 Å². The molecule has 1 heterocycles. The van der Waals surface area contributed by atoms with Crippen molar-refractivity contribution in [3.8, 4) is 11.8 Å². The quantitative estimate of drug-likeness (QED) is 0.782. The number of nitriles is 1. The van der Waals surface area contributed by atoms with Crippen molar-refractivity contribution in [3.05, 3.63) is 23.8 Å². The lowest BCUT2D eigenvalue weighted by atomic mass is 10.2. The summed E-state index contributed by atoms with van der Waals surface area (Å²) >= 11 is 0. The summed E-state index contributed by atoms with van der Waals surface area (Å²) in [6.45, 7) is 5.34. The number of nitrogens with one attached hydrogen (secondary N) is 2. The number of hydrogen-bond donors (Lipinski definition) is 2. The zero-order valence-electron chi connectivity index (χ0n) is 14.7. The summed E-state index contributed by atoms with van der Waals surface area (Å²) in [6.07, 6.45) is 2.02. The molecule has 0 bridgehead atoms. The Kier molecular flexibility index (Phi) is 6.63. The van der Waals surface area contributed by atoms with Crippen molar-refractivity contribution in [2.24, 2.45) is 0 Å². The van der Waals surface area contributed by atoms with Crippen LogP contribution in [0, 0.1) is 11.3 Å². The predicted octanol–water partition coefficient (Wildman–Crippen LogP) is 1.50. The van der Waals surface area contributed by atoms with Gasteiger partial charge in [-0.2, -0.15) is 5.26 Å². The van der Waals surface area contributed by atoms with Crippen LogP contribution in [0.1, 0.15) is 32.3 Å². The second-order valence-corrected chi connectivity index (χ2v) is 6.21. The average molecular weight is 344 g/mol. The predicted molar refractivity (Wildman–Crippen MR) is 94.2 cm³/mol. The highest BCUT2D eigenvalue weighted by atomic mass is 16.5. The maximum atomic E-state index is 12.0. The number of ether oxygens (including phenoxy) is 1. The Morgan fingerprint density at radius 1 is 1.28 bits per heavy atom. The summed E-state index contributed by atoms with van der Waals surface area (Å²) in [5, 5.41) is 14.6. The average Bonchev–Trinajstić information content (AvgIpc) is 3.13. The minimum Gasteiger partial charge on any atom is -0.489 e. The molecule has 2 N–H and O–H groups in total. The number of benzene rings is 1. The standard InChI is InChI=1S/C18H24N4O3/c1-13(2)25-16-6-5-14(10-19)9-15(16)20-11-17(23)21-12-18(24)22-7-3-4-8-22/h5-6,9,13,20H,3-4,7-8,11-12H2,1-2H3,(H,21,23). The van der Waals surface area contributed by atoms with E-state index in [0.717, 1.165) is 25.9 Å². The Balaban J connectivity index is 1.87. The minimum absolute atomic E-state index is 0.00336. The van der Waals surface area contributed by atoms with E-state index < -0.39 is 0 Å². The van der Waals surface area contributed by atoms with Crippen molar-refractivity contribution >= 4 is 17.5 Å². The summed E-state index contributed by atoms with van der Waals surface area (Å²) in [7, 11) is 0. The van der Waals surface area contributed by atoms with Crippen LogP contribution < -0.4 is 15.4 Å². The number of carbonyl (C=O) groups excluding carboxylic acids is 2. The minimum atomic E-state index is -0.287. The summed E-state index contributed by atoms with van der Waals surface area (Å²) < 4.78 is 5.68. The van der Waals surface area contributed by atoms with E-state index in [1.165, 1.54) is 0 Å². The van der Waals surface area contributed by atoms with Gasteiger partial charge in [0, 0.05) is 13.1 Å². The molecule has 1 aliphatic rings. The highest BCUT2D eigenvalue weighted by Crippen LogP contribution is 2.26. The molecule has 7 heteroatoms. The van der Waals surface area contributed by atoms with Crippen LogP contribution in [0.2, 0.25) is 0 Å². The maximum Gasteiger partial charge on any atom is 0.241 e. The molecule has 1 aromatic carbocycles. The van der Waals surface area contributed by atoms with Gasteiger partial charge in [-0.15, -0.1) is 0 Å². The van der Waals surface area contributed by atoms with Gasteiger partial charge in [0.05, 0.1) is 36.5 Å². The molecule has 0 atom stereocenters. The van der Waals surface area contributed by atoms with Crippen molar-refractivity contribution < 1.29 is 14.3 Å². The molecule has 0 saturated carbocycles. The molecule has 2 rings (SSSR count). The number of anilines is 1. The Hall–Kier alpha value is -2.75. The van der Waals surface area contributed by atoms with Crippen LogP contribution in [0.5, 0.6) is 5.75 Å².